The highest BCUT2D eigenvalue weighted by molar-refractivity contribution is 5.98. The Balaban J connectivity index is 2.07. The summed E-state index contributed by atoms with van der Waals surface area (Å²) in [5.41, 5.74) is 3.09. The first-order chi connectivity index (χ1) is 14.3. The number of phenols is 2. The van der Waals surface area contributed by atoms with Gasteiger partial charge in [-0.2, -0.15) is 0 Å². The molecule has 1 saturated carbocycles. The number of carbonyl (C=O) groups excluding carboxylic acids is 1. The van der Waals surface area contributed by atoms with Crippen molar-refractivity contribution >= 4 is 11.5 Å². The van der Waals surface area contributed by atoms with Crippen LogP contribution in [0.3, 0.4) is 0 Å². The molecular formula is C26H36O4. The minimum atomic E-state index is -0.472. The Bertz CT molecular complexity index is 830. The van der Waals surface area contributed by atoms with E-state index >= 15 is 0 Å². The third-order valence-electron chi connectivity index (χ3n) is 6.54. The number of carbonyl (C=O) groups is 1. The minimum Gasteiger partial charge on any atom is -0.507 e. The van der Waals surface area contributed by atoms with Gasteiger partial charge in [-0.25, -0.2) is 4.79 Å². The summed E-state index contributed by atoms with van der Waals surface area (Å²) in [4.78, 5) is 13.2. The number of rotatable bonds is 6. The molecule has 2 atom stereocenters. The highest BCUT2D eigenvalue weighted by atomic mass is 16.5. The lowest BCUT2D eigenvalue weighted by Crippen LogP contribution is -2.22. The van der Waals surface area contributed by atoms with E-state index in [1.165, 1.54) is 6.42 Å². The molecule has 1 fully saturated rings. The van der Waals surface area contributed by atoms with Gasteiger partial charge >= 0.3 is 5.97 Å². The predicted octanol–water partition coefficient (Wildman–Crippen LogP) is 6.55. The second-order valence-corrected chi connectivity index (χ2v) is 9.14. The van der Waals surface area contributed by atoms with Gasteiger partial charge in [-0.1, -0.05) is 44.9 Å². The van der Waals surface area contributed by atoms with Crippen molar-refractivity contribution in [2.75, 3.05) is 0 Å². The maximum Gasteiger partial charge on any atom is 0.342 e. The number of hydrogen-bond acceptors (Lipinski definition) is 4. The summed E-state index contributed by atoms with van der Waals surface area (Å²) < 4.78 is 5.81. The van der Waals surface area contributed by atoms with Crippen molar-refractivity contribution in [1.29, 1.82) is 0 Å². The number of allylic oxidation sites excluding steroid dienone is 3. The first-order valence-electron chi connectivity index (χ1n) is 11.5. The van der Waals surface area contributed by atoms with E-state index in [1.807, 2.05) is 13.8 Å². The van der Waals surface area contributed by atoms with Crippen molar-refractivity contribution in [1.82, 2.24) is 0 Å². The number of phenolic OH excluding ortho intramolecular Hbond substituents is 2. The maximum atomic E-state index is 13.2. The van der Waals surface area contributed by atoms with Gasteiger partial charge in [0.25, 0.3) is 0 Å². The summed E-state index contributed by atoms with van der Waals surface area (Å²) in [7, 11) is 0. The lowest BCUT2D eigenvalue weighted by Gasteiger charge is -2.30. The van der Waals surface area contributed by atoms with Crippen LogP contribution in [-0.2, 0) is 11.2 Å². The molecule has 2 aliphatic carbocycles. The second-order valence-electron chi connectivity index (χ2n) is 9.14. The molecular weight excluding hydrogens is 376 g/mol. The SMILES string of the molecule is C=C(C)[C@@H]1CCC(C)C=C1c1c(O)cc(CCC)c(C(=O)OC2CCCCC2)c1O. The van der Waals surface area contributed by atoms with E-state index in [1.54, 1.807) is 6.07 Å². The van der Waals surface area contributed by atoms with Gasteiger partial charge in [-0.15, -0.1) is 0 Å². The Morgan fingerprint density at radius 1 is 1.17 bits per heavy atom. The van der Waals surface area contributed by atoms with Gasteiger partial charge in [0.1, 0.15) is 23.2 Å². The Kier molecular flexibility index (Phi) is 7.27. The van der Waals surface area contributed by atoms with E-state index < -0.39 is 5.97 Å². The van der Waals surface area contributed by atoms with Crippen LogP contribution in [0.25, 0.3) is 5.57 Å². The third-order valence-corrected chi connectivity index (χ3v) is 6.54. The fourth-order valence-corrected chi connectivity index (χ4v) is 4.94. The predicted molar refractivity (Wildman–Crippen MR) is 121 cm³/mol. The summed E-state index contributed by atoms with van der Waals surface area (Å²) in [6.45, 7) is 10.2. The molecule has 2 aliphatic rings. The zero-order chi connectivity index (χ0) is 21.8. The van der Waals surface area contributed by atoms with E-state index in [0.717, 1.165) is 56.1 Å². The largest absolute Gasteiger partial charge is 0.507 e. The Morgan fingerprint density at radius 2 is 1.87 bits per heavy atom. The fourth-order valence-electron chi connectivity index (χ4n) is 4.94. The average Bonchev–Trinajstić information content (AvgIpc) is 2.68. The van der Waals surface area contributed by atoms with Crippen LogP contribution in [0.4, 0.5) is 0 Å². The van der Waals surface area contributed by atoms with Crippen molar-refractivity contribution in [3.05, 3.63) is 41.0 Å². The number of benzene rings is 1. The third kappa shape index (κ3) is 4.74. The zero-order valence-electron chi connectivity index (χ0n) is 18.7. The number of esters is 1. The van der Waals surface area contributed by atoms with E-state index in [9.17, 15) is 15.0 Å². The molecule has 0 saturated heterocycles. The molecule has 0 radical (unpaired) electrons. The summed E-state index contributed by atoms with van der Waals surface area (Å²) in [5.74, 6) is -0.206. The van der Waals surface area contributed by atoms with Crippen LogP contribution in [0.1, 0.15) is 93.6 Å². The lowest BCUT2D eigenvalue weighted by molar-refractivity contribution is 0.0207. The number of aromatic hydroxyl groups is 2. The number of aryl methyl sites for hydroxylation is 1. The van der Waals surface area contributed by atoms with E-state index in [2.05, 4.69) is 19.6 Å². The van der Waals surface area contributed by atoms with Gasteiger partial charge in [-0.05, 0) is 75.0 Å². The monoisotopic (exact) mass is 412 g/mol. The molecule has 0 aromatic heterocycles. The summed E-state index contributed by atoms with van der Waals surface area (Å²) >= 11 is 0. The van der Waals surface area contributed by atoms with Crippen molar-refractivity contribution in [3.8, 4) is 11.5 Å². The molecule has 1 unspecified atom stereocenters. The van der Waals surface area contributed by atoms with Gasteiger partial charge in [0.2, 0.25) is 0 Å². The normalized spacial score (nSPS) is 22.4. The topological polar surface area (TPSA) is 66.8 Å². The highest BCUT2D eigenvalue weighted by Crippen LogP contribution is 2.47. The molecule has 0 bridgehead atoms. The number of hydrogen-bond donors (Lipinski definition) is 2. The second kappa shape index (κ2) is 9.72. The van der Waals surface area contributed by atoms with E-state index in [4.69, 9.17) is 4.74 Å². The van der Waals surface area contributed by atoms with Gasteiger partial charge in [0.15, 0.2) is 0 Å². The minimum absolute atomic E-state index is 0.0248. The number of ether oxygens (including phenoxy) is 1. The quantitative estimate of drug-likeness (QED) is 0.411. The Hall–Kier alpha value is -2.23. The Labute approximate surface area is 180 Å². The molecule has 0 amide bonds. The molecule has 1 aromatic carbocycles. The summed E-state index contributed by atoms with van der Waals surface area (Å²) in [6.07, 6.45) is 10.4. The van der Waals surface area contributed by atoms with Crippen LogP contribution in [-0.4, -0.2) is 22.3 Å². The van der Waals surface area contributed by atoms with Crippen molar-refractivity contribution in [3.63, 3.8) is 0 Å². The van der Waals surface area contributed by atoms with Crippen LogP contribution >= 0.6 is 0 Å². The lowest BCUT2D eigenvalue weighted by atomic mass is 9.76. The molecule has 1 aromatic rings. The highest BCUT2D eigenvalue weighted by Gasteiger charge is 2.31. The smallest absolute Gasteiger partial charge is 0.342 e. The zero-order valence-corrected chi connectivity index (χ0v) is 18.7. The van der Waals surface area contributed by atoms with E-state index in [-0.39, 0.29) is 29.1 Å². The molecule has 0 aliphatic heterocycles. The molecule has 0 heterocycles. The van der Waals surface area contributed by atoms with Crippen LogP contribution in [0, 0.1) is 11.8 Å². The molecule has 4 heteroatoms. The molecule has 2 N–H and O–H groups in total. The van der Waals surface area contributed by atoms with Crippen molar-refractivity contribution in [2.45, 2.75) is 84.7 Å². The van der Waals surface area contributed by atoms with Crippen LogP contribution in [0.2, 0.25) is 0 Å². The first kappa shape index (κ1) is 22.5. The van der Waals surface area contributed by atoms with Gasteiger partial charge < -0.3 is 14.9 Å². The average molecular weight is 413 g/mol. The Morgan fingerprint density at radius 3 is 2.50 bits per heavy atom. The van der Waals surface area contributed by atoms with Gasteiger partial charge in [0, 0.05) is 5.92 Å². The standard InChI is InChI=1S/C26H36O4/c1-5-9-18-15-22(27)24(21-14-17(4)12-13-20(21)16(2)3)25(28)23(18)26(29)30-19-10-7-6-8-11-19/h14-15,17,19-20,27-28H,2,5-13H2,1,3-4H3/t17?,20-/m0/s1. The molecule has 3 rings (SSSR count). The van der Waals surface area contributed by atoms with E-state index in [0.29, 0.717) is 23.5 Å². The summed E-state index contributed by atoms with van der Waals surface area (Å²) in [5, 5.41) is 22.2. The van der Waals surface area contributed by atoms with Gasteiger partial charge in [0.05, 0.1) is 5.56 Å². The van der Waals surface area contributed by atoms with Crippen LogP contribution < -0.4 is 0 Å². The van der Waals surface area contributed by atoms with Crippen LogP contribution in [0.5, 0.6) is 11.5 Å². The molecule has 30 heavy (non-hydrogen) atoms. The van der Waals surface area contributed by atoms with Crippen LogP contribution in [0.15, 0.2) is 24.3 Å². The molecule has 4 nitrogen and oxygen atoms in total. The molecule has 164 valence electrons. The molecule has 0 spiro atoms. The first-order valence-corrected chi connectivity index (χ1v) is 11.5. The summed E-state index contributed by atoms with van der Waals surface area (Å²) in [6, 6.07) is 1.64. The van der Waals surface area contributed by atoms with Crippen molar-refractivity contribution < 1.29 is 19.7 Å². The van der Waals surface area contributed by atoms with Gasteiger partial charge in [-0.3, -0.25) is 0 Å². The van der Waals surface area contributed by atoms with Crippen molar-refractivity contribution in [2.24, 2.45) is 11.8 Å². The fraction of sp³-hybridized carbons (Fsp3) is 0.577. The maximum absolute atomic E-state index is 13.2.